The molecule has 0 fully saturated rings. The number of allylic oxidation sites excluding steroid dienone is 5. The number of anilines is 1. The van der Waals surface area contributed by atoms with Crippen molar-refractivity contribution in [3.63, 3.8) is 0 Å². The van der Waals surface area contributed by atoms with E-state index >= 15 is 8.78 Å². The number of hydrogen-bond donors (Lipinski definition) is 2. The van der Waals surface area contributed by atoms with Gasteiger partial charge in [0.15, 0.2) is 23.3 Å². The fourth-order valence-corrected chi connectivity index (χ4v) is 7.09. The van der Waals surface area contributed by atoms with Crippen molar-refractivity contribution in [2.24, 2.45) is 0 Å². The molecule has 3 aliphatic rings. The zero-order chi connectivity index (χ0) is 38.6. The van der Waals surface area contributed by atoms with Crippen LogP contribution in [0.2, 0.25) is 0 Å². The van der Waals surface area contributed by atoms with Gasteiger partial charge in [-0.05, 0) is 56.4 Å². The second-order valence-electron chi connectivity index (χ2n) is 14.6. The summed E-state index contributed by atoms with van der Waals surface area (Å²) >= 11 is 0. The third-order valence-corrected chi connectivity index (χ3v) is 10.1. The van der Waals surface area contributed by atoms with Crippen molar-refractivity contribution in [1.29, 1.82) is 0 Å². The van der Waals surface area contributed by atoms with Gasteiger partial charge in [0.2, 0.25) is 5.36 Å². The largest absolute Gasteiger partial charge is 0.481 e. The normalized spacial score (nSPS) is 17.3. The van der Waals surface area contributed by atoms with Crippen LogP contribution in [-0.2, 0) is 25.7 Å². The predicted octanol–water partition coefficient (Wildman–Crippen LogP) is 8.20. The first-order chi connectivity index (χ1) is 24.3. The molecular weight excluding hydrogens is 700 g/mol. The Bertz CT molecular complexity index is 2060. The number of benzene rings is 2. The minimum atomic E-state index is -4.29. The zero-order valence-corrected chi connectivity index (χ0v) is 31.2. The summed E-state index contributed by atoms with van der Waals surface area (Å²) < 4.78 is 101. The van der Waals surface area contributed by atoms with Gasteiger partial charge in [-0.3, -0.25) is 9.35 Å². The molecule has 13 heteroatoms. The fourth-order valence-electron chi connectivity index (χ4n) is 6.53. The quantitative estimate of drug-likeness (QED) is 0.0326. The molecule has 4 rings (SSSR count). The Kier molecular flexibility index (Phi) is 12.6. The van der Waals surface area contributed by atoms with Crippen molar-refractivity contribution < 1.29 is 44.9 Å². The molecule has 2 aliphatic heterocycles. The van der Waals surface area contributed by atoms with Crippen molar-refractivity contribution in [3.05, 3.63) is 99.8 Å². The highest BCUT2D eigenvalue weighted by atomic mass is 32.2. The second kappa shape index (κ2) is 16.2. The van der Waals surface area contributed by atoms with Gasteiger partial charge in [0.25, 0.3) is 10.1 Å². The molecule has 2 N–H and O–H groups in total. The molecule has 2 heterocycles. The lowest BCUT2D eigenvalue weighted by Gasteiger charge is -2.30. The fraction of sp³-hybridized carbons (Fsp3) is 0.436. The Hall–Kier alpha value is -4.23. The van der Waals surface area contributed by atoms with E-state index in [1.807, 2.05) is 69.8 Å². The predicted molar refractivity (Wildman–Crippen MR) is 195 cm³/mol. The highest BCUT2D eigenvalue weighted by molar-refractivity contribution is 7.85. The Morgan fingerprint density at radius 3 is 2.27 bits per heavy atom. The SMILES string of the molecule is C[N+](C)=c1ccc2c(/C=C/C=C/C=C3/N(CCCCCC(=O)O)c4c(F)c(F)c(F)c(F)c4C3(C)CCCCS(=O)(=O)O)cc(C(C)(C)C)oc-2c1. The van der Waals surface area contributed by atoms with E-state index in [0.29, 0.717) is 30.7 Å². The molecule has 0 bridgehead atoms. The van der Waals surface area contributed by atoms with Gasteiger partial charge in [0, 0.05) is 46.7 Å². The first-order valence-electron chi connectivity index (χ1n) is 17.2. The lowest BCUT2D eigenvalue weighted by atomic mass is 9.76. The third-order valence-electron chi connectivity index (χ3n) is 9.31. The van der Waals surface area contributed by atoms with Crippen LogP contribution < -0.4 is 14.8 Å². The molecule has 0 amide bonds. The van der Waals surface area contributed by atoms with Crippen LogP contribution >= 0.6 is 0 Å². The van der Waals surface area contributed by atoms with Crippen LogP contribution in [0.5, 0.6) is 0 Å². The van der Waals surface area contributed by atoms with Gasteiger partial charge in [0.1, 0.15) is 25.6 Å². The molecule has 52 heavy (non-hydrogen) atoms. The van der Waals surface area contributed by atoms with E-state index in [1.54, 1.807) is 31.2 Å². The van der Waals surface area contributed by atoms with Crippen LogP contribution in [0.4, 0.5) is 23.2 Å². The summed E-state index contributed by atoms with van der Waals surface area (Å²) in [7, 11) is -0.401. The molecule has 1 aliphatic carbocycles. The van der Waals surface area contributed by atoms with E-state index in [2.05, 4.69) is 0 Å². The van der Waals surface area contributed by atoms with Gasteiger partial charge in [0.05, 0.1) is 17.5 Å². The van der Waals surface area contributed by atoms with Crippen LogP contribution in [0.15, 0.2) is 58.7 Å². The number of unbranched alkanes of at least 4 members (excludes halogenated alkanes) is 3. The Morgan fingerprint density at radius 2 is 1.63 bits per heavy atom. The first-order valence-corrected chi connectivity index (χ1v) is 18.8. The van der Waals surface area contributed by atoms with Gasteiger partial charge < -0.3 is 14.4 Å². The van der Waals surface area contributed by atoms with Crippen LogP contribution in [0.1, 0.15) is 89.5 Å². The summed E-state index contributed by atoms with van der Waals surface area (Å²) in [5.74, 6) is -7.04. The topological polar surface area (TPSA) is 111 Å². The summed E-state index contributed by atoms with van der Waals surface area (Å²) in [4.78, 5) is 12.4. The minimum absolute atomic E-state index is 0.0114. The molecule has 282 valence electrons. The van der Waals surface area contributed by atoms with Crippen LogP contribution in [0.3, 0.4) is 0 Å². The number of halogens is 4. The zero-order valence-electron chi connectivity index (χ0n) is 30.4. The molecule has 1 atom stereocenters. The number of rotatable bonds is 14. The number of carboxylic acids is 1. The Labute approximate surface area is 302 Å². The van der Waals surface area contributed by atoms with Crippen molar-refractivity contribution in [2.75, 3.05) is 31.3 Å². The number of hydrogen-bond acceptors (Lipinski definition) is 5. The number of fused-ring (bicyclic) bond motifs is 2. The minimum Gasteiger partial charge on any atom is -0.481 e. The molecule has 0 spiro atoms. The third kappa shape index (κ3) is 9.22. The summed E-state index contributed by atoms with van der Waals surface area (Å²) in [5.41, 5.74) is -0.439. The molecular formula is C39H47F4N2O6S+. The van der Waals surface area contributed by atoms with E-state index in [4.69, 9.17) is 9.52 Å². The monoisotopic (exact) mass is 747 g/mol. The van der Waals surface area contributed by atoms with Crippen LogP contribution in [0, 0.1) is 23.3 Å². The molecule has 0 saturated heterocycles. The molecule has 1 aromatic rings. The van der Waals surface area contributed by atoms with Gasteiger partial charge in [-0.2, -0.15) is 8.42 Å². The number of aliphatic carboxylic acids is 1. The van der Waals surface area contributed by atoms with Crippen molar-refractivity contribution in [2.45, 2.75) is 83.5 Å². The van der Waals surface area contributed by atoms with Gasteiger partial charge in [-0.25, -0.2) is 22.1 Å². The number of carboxylic acid groups (broad SMARTS) is 1. The summed E-state index contributed by atoms with van der Waals surface area (Å²) in [6, 6.07) is 7.90. The lowest BCUT2D eigenvalue weighted by molar-refractivity contribution is -0.137. The van der Waals surface area contributed by atoms with Crippen molar-refractivity contribution in [1.82, 2.24) is 4.58 Å². The Balaban J connectivity index is 1.78. The summed E-state index contributed by atoms with van der Waals surface area (Å²) in [6.45, 7) is 7.76. The van der Waals surface area contributed by atoms with E-state index in [0.717, 1.165) is 22.2 Å². The summed E-state index contributed by atoms with van der Waals surface area (Å²) in [6.07, 6.45) is 9.82. The first kappa shape index (κ1) is 40.5. The maximum atomic E-state index is 15.7. The van der Waals surface area contributed by atoms with E-state index in [-0.39, 0.29) is 43.2 Å². The van der Waals surface area contributed by atoms with Gasteiger partial charge in [-0.1, -0.05) is 57.9 Å². The maximum absolute atomic E-state index is 15.7. The van der Waals surface area contributed by atoms with Crippen molar-refractivity contribution in [3.8, 4) is 11.3 Å². The smallest absolute Gasteiger partial charge is 0.303 e. The standard InChI is InChI=1S/C39H46F4N2O6S/c1-38(2,3)30-23-25(27-19-18-26(44(5)6)24-28(27)51-30)15-9-7-10-16-29-39(4,20-12-14-22-52(48,49)50)32-33(40)34(41)35(42)36(43)37(32)45(29)21-13-8-11-17-31(46)47/h7,9-10,15-16,18-19,23-24H,8,11-14,17,20-22H2,1-6H3,(H-,46,47,48,49,50)/p+1. The van der Waals surface area contributed by atoms with E-state index < -0.39 is 56.2 Å². The number of nitrogens with zero attached hydrogens (tertiary/aromatic N) is 2. The van der Waals surface area contributed by atoms with Gasteiger partial charge >= 0.3 is 5.97 Å². The second-order valence-corrected chi connectivity index (χ2v) is 16.2. The summed E-state index contributed by atoms with van der Waals surface area (Å²) in [5, 5.41) is 10.00. The number of carbonyl (C=O) groups is 1. The molecule has 1 aromatic carbocycles. The van der Waals surface area contributed by atoms with Gasteiger partial charge in [-0.15, -0.1) is 0 Å². The molecule has 0 radical (unpaired) electrons. The maximum Gasteiger partial charge on any atom is 0.303 e. The average Bonchev–Trinajstić information content (AvgIpc) is 3.30. The van der Waals surface area contributed by atoms with E-state index in [1.165, 1.54) is 4.90 Å². The van der Waals surface area contributed by atoms with Crippen LogP contribution in [-0.4, -0.2) is 50.4 Å². The highest BCUT2D eigenvalue weighted by Gasteiger charge is 2.48. The Morgan fingerprint density at radius 1 is 0.942 bits per heavy atom. The lowest BCUT2D eigenvalue weighted by Crippen LogP contribution is -2.30. The highest BCUT2D eigenvalue weighted by Crippen LogP contribution is 2.54. The molecule has 1 unspecified atom stereocenters. The van der Waals surface area contributed by atoms with Crippen molar-refractivity contribution >= 4 is 27.9 Å². The van der Waals surface area contributed by atoms with E-state index in [9.17, 15) is 26.5 Å². The van der Waals surface area contributed by atoms with Crippen LogP contribution in [0.25, 0.3) is 17.4 Å². The molecule has 0 saturated carbocycles. The average molecular weight is 748 g/mol. The molecule has 8 nitrogen and oxygen atoms in total. The molecule has 0 aromatic heterocycles.